The number of ether oxygens (including phenoxy) is 1. The molecule has 8 heteroatoms. The maximum atomic E-state index is 12.9. The van der Waals surface area contributed by atoms with Gasteiger partial charge in [-0.2, -0.15) is 5.10 Å². The molecule has 1 saturated heterocycles. The summed E-state index contributed by atoms with van der Waals surface area (Å²) in [5.41, 5.74) is 2.15. The largest absolute Gasteiger partial charge is 0.486 e. The number of carbonyl (C=O) groups is 3. The molecule has 1 aromatic carbocycles. The van der Waals surface area contributed by atoms with Gasteiger partial charge in [0.15, 0.2) is 5.78 Å². The number of carbonyl (C=O) groups excluding carboxylic acids is 3. The van der Waals surface area contributed by atoms with Gasteiger partial charge in [0.05, 0.1) is 29.1 Å². The zero-order chi connectivity index (χ0) is 22.3. The van der Waals surface area contributed by atoms with Gasteiger partial charge in [-0.15, -0.1) is 0 Å². The molecule has 0 bridgehead atoms. The van der Waals surface area contributed by atoms with Crippen molar-refractivity contribution in [3.63, 3.8) is 0 Å². The molecule has 1 N–H and O–H groups in total. The molecule has 2 aliphatic heterocycles. The molecule has 2 atom stereocenters. The lowest BCUT2D eigenvalue weighted by Gasteiger charge is -2.37. The number of likely N-dealkylation sites (tertiary alicyclic amines) is 1. The van der Waals surface area contributed by atoms with E-state index in [1.165, 1.54) is 0 Å². The quantitative estimate of drug-likeness (QED) is 0.818. The number of benzene rings is 1. The Morgan fingerprint density at radius 1 is 1.23 bits per heavy atom. The molecule has 2 aliphatic rings. The van der Waals surface area contributed by atoms with E-state index < -0.39 is 11.6 Å². The Labute approximate surface area is 181 Å². The minimum atomic E-state index is -0.706. The highest BCUT2D eigenvalue weighted by Gasteiger charge is 2.44. The van der Waals surface area contributed by atoms with Crippen LogP contribution >= 0.6 is 0 Å². The third-order valence-corrected chi connectivity index (χ3v) is 6.52. The number of nitrogens with one attached hydrogen (secondary N) is 1. The van der Waals surface area contributed by atoms with Crippen LogP contribution in [0.15, 0.2) is 24.3 Å². The minimum Gasteiger partial charge on any atom is -0.486 e. The van der Waals surface area contributed by atoms with Gasteiger partial charge in [0, 0.05) is 26.4 Å². The van der Waals surface area contributed by atoms with E-state index in [9.17, 15) is 14.4 Å². The van der Waals surface area contributed by atoms with E-state index in [1.807, 2.05) is 33.0 Å². The Hall–Kier alpha value is -3.16. The van der Waals surface area contributed by atoms with Crippen molar-refractivity contribution in [3.8, 4) is 5.75 Å². The number of nitrogens with zero attached hydrogens (tertiary/aromatic N) is 3. The van der Waals surface area contributed by atoms with Crippen LogP contribution < -0.4 is 10.1 Å². The number of hydrogen-bond donors (Lipinski definition) is 1. The van der Waals surface area contributed by atoms with Gasteiger partial charge < -0.3 is 15.0 Å². The van der Waals surface area contributed by atoms with Crippen molar-refractivity contribution in [3.05, 3.63) is 41.2 Å². The number of rotatable bonds is 3. The van der Waals surface area contributed by atoms with E-state index >= 15 is 0 Å². The number of fused-ring (bicyclic) bond motifs is 1. The first kappa shape index (κ1) is 21.1. The maximum Gasteiger partial charge on any atom is 0.246 e. The van der Waals surface area contributed by atoms with Crippen LogP contribution in [0.25, 0.3) is 0 Å². The van der Waals surface area contributed by atoms with E-state index in [1.54, 1.807) is 28.6 Å². The molecule has 4 rings (SSSR count). The van der Waals surface area contributed by atoms with Gasteiger partial charge in [-0.1, -0.05) is 12.1 Å². The van der Waals surface area contributed by atoms with Crippen molar-refractivity contribution in [2.24, 2.45) is 7.05 Å². The number of para-hydroxylation sites is 1. The second kappa shape index (κ2) is 7.83. The molecule has 0 radical (unpaired) electrons. The fourth-order valence-corrected chi connectivity index (χ4v) is 4.51. The number of anilines is 1. The molecule has 8 nitrogen and oxygen atoms in total. The molecule has 0 aliphatic carbocycles. The number of Topliss-reactive ketones (excluding diaryl/α,β-unsaturated/α-hetero) is 1. The summed E-state index contributed by atoms with van der Waals surface area (Å²) in [6.07, 6.45) is 1.44. The van der Waals surface area contributed by atoms with E-state index in [-0.39, 0.29) is 30.4 Å². The zero-order valence-electron chi connectivity index (χ0n) is 18.4. The number of aromatic nitrogens is 2. The Morgan fingerprint density at radius 3 is 2.68 bits per heavy atom. The van der Waals surface area contributed by atoms with Crippen LogP contribution in [0.3, 0.4) is 0 Å². The summed E-state index contributed by atoms with van der Waals surface area (Å²) in [6.45, 7) is 5.81. The molecule has 2 aromatic rings. The second-order valence-corrected chi connectivity index (χ2v) is 8.55. The summed E-state index contributed by atoms with van der Waals surface area (Å²) in [5.74, 6) is 0.257. The standard InChI is InChI=1S/C23H28N4O4/c1-14-21(15(2)26(4)25-14)24-22(30)16(3)27-12-11-23(10-9-20(27)29)13-18(28)17-7-5-6-8-19(17)31-23/h5-8,16H,9-13H2,1-4H3,(H,24,30)/t16-,23-/m0/s1. The lowest BCUT2D eigenvalue weighted by atomic mass is 9.84. The highest BCUT2D eigenvalue weighted by atomic mass is 16.5. The summed E-state index contributed by atoms with van der Waals surface area (Å²) < 4.78 is 7.98. The molecule has 1 aromatic heterocycles. The van der Waals surface area contributed by atoms with Crippen molar-refractivity contribution in [1.82, 2.24) is 14.7 Å². The van der Waals surface area contributed by atoms with Crippen LogP contribution in [-0.2, 0) is 16.6 Å². The average Bonchev–Trinajstić information content (AvgIpc) is 2.88. The Bertz CT molecular complexity index is 1060. The van der Waals surface area contributed by atoms with E-state index in [4.69, 9.17) is 4.74 Å². The lowest BCUT2D eigenvalue weighted by Crippen LogP contribution is -2.47. The van der Waals surface area contributed by atoms with Crippen LogP contribution in [-0.4, -0.2) is 50.5 Å². The summed E-state index contributed by atoms with van der Waals surface area (Å²) in [6, 6.07) is 6.59. The number of aryl methyl sites for hydroxylation is 2. The molecule has 3 heterocycles. The highest BCUT2D eigenvalue weighted by molar-refractivity contribution is 6.00. The smallest absolute Gasteiger partial charge is 0.246 e. The SMILES string of the molecule is Cc1nn(C)c(C)c1NC(=O)[C@H](C)N1CC[C@@]2(CCC1=O)CC(=O)c1ccccc1O2. The molecule has 0 unspecified atom stereocenters. The highest BCUT2D eigenvalue weighted by Crippen LogP contribution is 2.39. The van der Waals surface area contributed by atoms with Gasteiger partial charge in [-0.05, 0) is 39.3 Å². The monoisotopic (exact) mass is 424 g/mol. The third-order valence-electron chi connectivity index (χ3n) is 6.52. The molecule has 31 heavy (non-hydrogen) atoms. The van der Waals surface area contributed by atoms with Crippen molar-refractivity contribution in [1.29, 1.82) is 0 Å². The van der Waals surface area contributed by atoms with Crippen molar-refractivity contribution < 1.29 is 19.1 Å². The maximum absolute atomic E-state index is 12.9. The fraction of sp³-hybridized carbons (Fsp3) is 0.478. The minimum absolute atomic E-state index is 0.0380. The van der Waals surface area contributed by atoms with Crippen molar-refractivity contribution >= 4 is 23.3 Å². The molecule has 0 saturated carbocycles. The summed E-state index contributed by atoms with van der Waals surface area (Å²) >= 11 is 0. The van der Waals surface area contributed by atoms with Crippen LogP contribution in [0.1, 0.15) is 54.4 Å². The van der Waals surface area contributed by atoms with E-state index in [0.717, 1.165) is 11.4 Å². The van der Waals surface area contributed by atoms with Crippen LogP contribution in [0.2, 0.25) is 0 Å². The molecule has 1 fully saturated rings. The molecule has 164 valence electrons. The fourth-order valence-electron chi connectivity index (χ4n) is 4.51. The third kappa shape index (κ3) is 3.82. The Balaban J connectivity index is 1.49. The Kier molecular flexibility index (Phi) is 5.33. The predicted octanol–water partition coefficient (Wildman–Crippen LogP) is 2.78. The average molecular weight is 425 g/mol. The second-order valence-electron chi connectivity index (χ2n) is 8.55. The van der Waals surface area contributed by atoms with Crippen LogP contribution in [0.4, 0.5) is 5.69 Å². The Morgan fingerprint density at radius 2 is 1.97 bits per heavy atom. The van der Waals surface area contributed by atoms with Gasteiger partial charge >= 0.3 is 0 Å². The first-order chi connectivity index (χ1) is 14.7. The van der Waals surface area contributed by atoms with Gasteiger partial charge in [0.25, 0.3) is 0 Å². The molecule has 2 amide bonds. The lowest BCUT2D eigenvalue weighted by molar-refractivity contribution is -0.137. The number of amides is 2. The first-order valence-corrected chi connectivity index (χ1v) is 10.6. The van der Waals surface area contributed by atoms with Crippen molar-refractivity contribution in [2.45, 2.75) is 58.1 Å². The van der Waals surface area contributed by atoms with E-state index in [0.29, 0.717) is 36.4 Å². The van der Waals surface area contributed by atoms with Gasteiger partial charge in [-0.3, -0.25) is 19.1 Å². The van der Waals surface area contributed by atoms with Gasteiger partial charge in [-0.25, -0.2) is 0 Å². The molecular weight excluding hydrogens is 396 g/mol. The van der Waals surface area contributed by atoms with Gasteiger partial charge in [0.1, 0.15) is 17.4 Å². The van der Waals surface area contributed by atoms with Crippen LogP contribution in [0.5, 0.6) is 5.75 Å². The van der Waals surface area contributed by atoms with E-state index in [2.05, 4.69) is 10.4 Å². The number of ketones is 1. The normalized spacial score (nSPS) is 22.0. The topological polar surface area (TPSA) is 93.5 Å². The van der Waals surface area contributed by atoms with Crippen molar-refractivity contribution in [2.75, 3.05) is 11.9 Å². The number of hydrogen-bond acceptors (Lipinski definition) is 5. The zero-order valence-corrected chi connectivity index (χ0v) is 18.4. The molecule has 1 spiro atoms. The van der Waals surface area contributed by atoms with Gasteiger partial charge in [0.2, 0.25) is 11.8 Å². The predicted molar refractivity (Wildman–Crippen MR) is 115 cm³/mol. The summed E-state index contributed by atoms with van der Waals surface area (Å²) in [5, 5.41) is 7.25. The summed E-state index contributed by atoms with van der Waals surface area (Å²) in [4.78, 5) is 40.1. The molecular formula is C23H28N4O4. The summed E-state index contributed by atoms with van der Waals surface area (Å²) in [7, 11) is 1.82. The van der Waals surface area contributed by atoms with Crippen LogP contribution in [0, 0.1) is 13.8 Å². The first-order valence-electron chi connectivity index (χ1n) is 10.6.